The summed E-state index contributed by atoms with van der Waals surface area (Å²) in [4.78, 5) is 29.8. The maximum atomic E-state index is 13.2. The van der Waals surface area contributed by atoms with Crippen LogP contribution in [0.3, 0.4) is 0 Å². The fraction of sp³-hybridized carbons (Fsp3) is 0.200. The normalized spacial score (nSPS) is 14.4. The van der Waals surface area contributed by atoms with Crippen LogP contribution in [-0.4, -0.2) is 51.9 Å². The lowest BCUT2D eigenvalue weighted by atomic mass is 10.1. The molecular weight excluding hydrogens is 443 g/mol. The molecule has 0 N–H and O–H groups in total. The van der Waals surface area contributed by atoms with E-state index in [4.69, 9.17) is 0 Å². The predicted octanol–water partition coefficient (Wildman–Crippen LogP) is 4.67. The van der Waals surface area contributed by atoms with E-state index >= 15 is 0 Å². The van der Waals surface area contributed by atoms with Crippen molar-refractivity contribution in [2.24, 2.45) is 0 Å². The van der Waals surface area contributed by atoms with E-state index in [0.29, 0.717) is 48.6 Å². The second-order valence-corrected chi connectivity index (χ2v) is 7.99. The highest BCUT2D eigenvalue weighted by Crippen LogP contribution is 2.33. The lowest BCUT2D eigenvalue weighted by Crippen LogP contribution is -2.49. The largest absolute Gasteiger partial charge is 0.416 e. The molecule has 0 bridgehead atoms. The number of hydrogen-bond acceptors (Lipinski definition) is 5. The van der Waals surface area contributed by atoms with E-state index in [0.717, 1.165) is 17.5 Å². The Morgan fingerprint density at radius 3 is 2.41 bits per heavy atom. The van der Waals surface area contributed by atoms with E-state index in [1.54, 1.807) is 35.5 Å². The Bertz CT molecular complexity index is 1340. The van der Waals surface area contributed by atoms with Gasteiger partial charge in [0.15, 0.2) is 5.82 Å². The summed E-state index contributed by atoms with van der Waals surface area (Å²) in [5.41, 5.74) is 0.738. The molecule has 0 aliphatic carbocycles. The molecule has 1 amide bonds. The van der Waals surface area contributed by atoms with Gasteiger partial charge in [-0.3, -0.25) is 9.78 Å². The molecule has 0 radical (unpaired) electrons. The number of para-hydroxylation sites is 1. The Morgan fingerprint density at radius 1 is 0.882 bits per heavy atom. The van der Waals surface area contributed by atoms with E-state index in [1.807, 2.05) is 29.2 Å². The number of anilines is 1. The number of halogens is 3. The molecule has 172 valence electrons. The second-order valence-electron chi connectivity index (χ2n) is 7.99. The zero-order chi connectivity index (χ0) is 23.7. The molecule has 4 aromatic rings. The van der Waals surface area contributed by atoms with Gasteiger partial charge >= 0.3 is 6.18 Å². The summed E-state index contributed by atoms with van der Waals surface area (Å²) in [6.45, 7) is 2.06. The molecule has 0 atom stereocenters. The number of nitrogens with zero attached hydrogens (tertiary/aromatic N) is 5. The zero-order valence-corrected chi connectivity index (χ0v) is 18.0. The summed E-state index contributed by atoms with van der Waals surface area (Å²) in [5, 5.41) is 0.810. The van der Waals surface area contributed by atoms with Crippen LogP contribution in [0.4, 0.5) is 19.0 Å². The standard InChI is InChI=1S/C25H20F3N5O/c26-25(27,28)19-7-3-5-17(15-19)22-30-21-9-2-1-8-20(21)23(31-22)32-11-13-33(14-12-32)24(34)18-6-4-10-29-16-18/h1-10,15-16H,11-14H2. The number of pyridine rings is 1. The number of aromatic nitrogens is 3. The number of carbonyl (C=O) groups excluding carboxylic acids is 1. The van der Waals surface area contributed by atoms with Gasteiger partial charge in [0.25, 0.3) is 5.91 Å². The third-order valence-electron chi connectivity index (χ3n) is 5.81. The average Bonchev–Trinajstić information content (AvgIpc) is 2.88. The summed E-state index contributed by atoms with van der Waals surface area (Å²) >= 11 is 0. The molecule has 0 saturated carbocycles. The van der Waals surface area contributed by atoms with Gasteiger partial charge < -0.3 is 9.80 Å². The number of rotatable bonds is 3. The summed E-state index contributed by atoms with van der Waals surface area (Å²) < 4.78 is 39.7. The number of piperazine rings is 1. The molecule has 2 aromatic heterocycles. The molecule has 3 heterocycles. The molecule has 1 saturated heterocycles. The van der Waals surface area contributed by atoms with Gasteiger partial charge in [-0.2, -0.15) is 13.2 Å². The van der Waals surface area contributed by atoms with Crippen LogP contribution < -0.4 is 4.90 Å². The first-order valence-corrected chi connectivity index (χ1v) is 10.8. The third kappa shape index (κ3) is 4.28. The molecule has 1 aliphatic heterocycles. The molecular formula is C25H20F3N5O. The van der Waals surface area contributed by atoms with Crippen molar-refractivity contribution in [1.29, 1.82) is 0 Å². The van der Waals surface area contributed by atoms with Crippen LogP contribution in [0, 0.1) is 0 Å². The monoisotopic (exact) mass is 463 g/mol. The van der Waals surface area contributed by atoms with E-state index in [1.165, 1.54) is 6.07 Å². The molecule has 2 aromatic carbocycles. The number of carbonyl (C=O) groups is 1. The Morgan fingerprint density at radius 2 is 1.68 bits per heavy atom. The van der Waals surface area contributed by atoms with Crippen LogP contribution >= 0.6 is 0 Å². The lowest BCUT2D eigenvalue weighted by molar-refractivity contribution is -0.137. The topological polar surface area (TPSA) is 62.2 Å². The molecule has 0 unspecified atom stereocenters. The predicted molar refractivity (Wildman–Crippen MR) is 122 cm³/mol. The maximum absolute atomic E-state index is 13.2. The van der Waals surface area contributed by atoms with Gasteiger partial charge in [-0.1, -0.05) is 24.3 Å². The first-order valence-electron chi connectivity index (χ1n) is 10.8. The first kappa shape index (κ1) is 21.8. The van der Waals surface area contributed by atoms with Crippen LogP contribution in [0.15, 0.2) is 73.1 Å². The molecule has 5 rings (SSSR count). The van der Waals surface area contributed by atoms with Crippen molar-refractivity contribution in [3.05, 3.63) is 84.2 Å². The van der Waals surface area contributed by atoms with E-state index in [-0.39, 0.29) is 11.7 Å². The van der Waals surface area contributed by atoms with Crippen molar-refractivity contribution in [2.45, 2.75) is 6.18 Å². The quantitative estimate of drug-likeness (QED) is 0.442. The van der Waals surface area contributed by atoms with Gasteiger partial charge in [-0.15, -0.1) is 0 Å². The van der Waals surface area contributed by atoms with Crippen LogP contribution in [-0.2, 0) is 6.18 Å². The van der Waals surface area contributed by atoms with E-state index in [9.17, 15) is 18.0 Å². The second kappa shape index (κ2) is 8.74. The molecule has 34 heavy (non-hydrogen) atoms. The van der Waals surface area contributed by atoms with Gasteiger partial charge in [0.05, 0.1) is 16.6 Å². The van der Waals surface area contributed by atoms with Crippen LogP contribution in [0.25, 0.3) is 22.3 Å². The van der Waals surface area contributed by atoms with Gasteiger partial charge in [-0.05, 0) is 36.4 Å². The van der Waals surface area contributed by atoms with Crippen molar-refractivity contribution in [3.8, 4) is 11.4 Å². The summed E-state index contributed by atoms with van der Waals surface area (Å²) in [5.74, 6) is 0.796. The Labute approximate surface area is 193 Å². The SMILES string of the molecule is O=C(c1cccnc1)N1CCN(c2nc(-c3cccc(C(F)(F)F)c3)nc3ccccc23)CC1. The number of fused-ring (bicyclic) bond motifs is 1. The maximum Gasteiger partial charge on any atom is 0.416 e. The average molecular weight is 463 g/mol. The number of hydrogen-bond donors (Lipinski definition) is 0. The van der Waals surface area contributed by atoms with Crippen molar-refractivity contribution in [3.63, 3.8) is 0 Å². The zero-order valence-electron chi connectivity index (χ0n) is 18.0. The summed E-state index contributed by atoms with van der Waals surface area (Å²) in [6.07, 6.45) is -1.28. The fourth-order valence-electron chi connectivity index (χ4n) is 4.06. The molecule has 0 spiro atoms. The Balaban J connectivity index is 1.46. The van der Waals surface area contributed by atoms with Gasteiger partial charge in [-0.25, -0.2) is 9.97 Å². The lowest BCUT2D eigenvalue weighted by Gasteiger charge is -2.36. The minimum atomic E-state index is -4.45. The summed E-state index contributed by atoms with van der Waals surface area (Å²) in [6, 6.07) is 15.9. The third-order valence-corrected chi connectivity index (χ3v) is 5.81. The highest BCUT2D eigenvalue weighted by Gasteiger charge is 2.31. The van der Waals surface area contributed by atoms with Crippen molar-refractivity contribution < 1.29 is 18.0 Å². The summed E-state index contributed by atoms with van der Waals surface area (Å²) in [7, 11) is 0. The minimum Gasteiger partial charge on any atom is -0.352 e. The van der Waals surface area contributed by atoms with Crippen LogP contribution in [0.1, 0.15) is 15.9 Å². The van der Waals surface area contributed by atoms with Crippen molar-refractivity contribution in [2.75, 3.05) is 31.1 Å². The molecule has 1 fully saturated rings. The Hall–Kier alpha value is -4.01. The van der Waals surface area contributed by atoms with Crippen LogP contribution in [0.2, 0.25) is 0 Å². The van der Waals surface area contributed by atoms with Crippen molar-refractivity contribution >= 4 is 22.6 Å². The fourth-order valence-corrected chi connectivity index (χ4v) is 4.06. The van der Waals surface area contributed by atoms with E-state index in [2.05, 4.69) is 15.0 Å². The first-order chi connectivity index (χ1) is 16.4. The van der Waals surface area contributed by atoms with Gasteiger partial charge in [0, 0.05) is 49.5 Å². The van der Waals surface area contributed by atoms with Crippen LogP contribution in [0.5, 0.6) is 0 Å². The Kier molecular flexibility index (Phi) is 5.61. The number of amides is 1. The highest BCUT2D eigenvalue weighted by molar-refractivity contribution is 5.94. The minimum absolute atomic E-state index is 0.0787. The number of alkyl halides is 3. The van der Waals surface area contributed by atoms with E-state index < -0.39 is 11.7 Å². The van der Waals surface area contributed by atoms with Crippen molar-refractivity contribution in [1.82, 2.24) is 19.9 Å². The number of benzene rings is 2. The molecule has 1 aliphatic rings. The molecule has 6 nitrogen and oxygen atoms in total. The molecule has 9 heteroatoms. The van der Waals surface area contributed by atoms with Gasteiger partial charge in [0.2, 0.25) is 0 Å². The van der Waals surface area contributed by atoms with Gasteiger partial charge in [0.1, 0.15) is 5.82 Å². The smallest absolute Gasteiger partial charge is 0.352 e. The highest BCUT2D eigenvalue weighted by atomic mass is 19.4.